The first-order valence-corrected chi connectivity index (χ1v) is 5.84. The molecule has 0 aromatic heterocycles. The number of halogens is 2. The molecule has 1 saturated heterocycles. The number of anilines is 1. The molecule has 0 atom stereocenters. The summed E-state index contributed by atoms with van der Waals surface area (Å²) in [5, 5.41) is 0. The average Bonchev–Trinajstić information content (AvgIpc) is 2.20. The third-order valence-electron chi connectivity index (χ3n) is 2.75. The van der Waals surface area contributed by atoms with Gasteiger partial charge < -0.3 is 9.80 Å². The molecule has 0 spiro atoms. The third-order valence-corrected chi connectivity index (χ3v) is 3.39. The zero-order chi connectivity index (χ0) is 10.8. The van der Waals surface area contributed by atoms with Crippen LogP contribution in [0, 0.1) is 5.82 Å². The van der Waals surface area contributed by atoms with Gasteiger partial charge >= 0.3 is 0 Å². The van der Waals surface area contributed by atoms with Crippen molar-refractivity contribution < 1.29 is 4.39 Å². The summed E-state index contributed by atoms with van der Waals surface area (Å²) in [5.41, 5.74) is 1.09. The fraction of sp³-hybridized carbons (Fsp3) is 0.455. The third kappa shape index (κ3) is 2.49. The predicted octanol–water partition coefficient (Wildman–Crippen LogP) is 2.34. The van der Waals surface area contributed by atoms with Gasteiger partial charge in [0.05, 0.1) is 5.69 Å². The maximum Gasteiger partial charge on any atom is 0.124 e. The lowest BCUT2D eigenvalue weighted by Crippen LogP contribution is -2.44. The van der Waals surface area contributed by atoms with Crippen molar-refractivity contribution in [3.8, 4) is 0 Å². The maximum atomic E-state index is 12.9. The lowest BCUT2D eigenvalue weighted by molar-refractivity contribution is 0.312. The molecule has 0 saturated carbocycles. The summed E-state index contributed by atoms with van der Waals surface area (Å²) in [6, 6.07) is 4.87. The van der Waals surface area contributed by atoms with Crippen LogP contribution in [0.5, 0.6) is 0 Å². The van der Waals surface area contributed by atoms with Crippen molar-refractivity contribution in [1.29, 1.82) is 0 Å². The first-order chi connectivity index (χ1) is 7.16. The molecule has 0 bridgehead atoms. The molecule has 1 aliphatic rings. The number of piperazine rings is 1. The van der Waals surface area contributed by atoms with Gasteiger partial charge in [0.25, 0.3) is 0 Å². The Hall–Kier alpha value is -0.610. The monoisotopic (exact) mass is 272 g/mol. The number of benzene rings is 1. The van der Waals surface area contributed by atoms with Crippen molar-refractivity contribution in [2.24, 2.45) is 0 Å². The van der Waals surface area contributed by atoms with Crippen molar-refractivity contribution >= 4 is 21.6 Å². The largest absolute Gasteiger partial charge is 0.368 e. The molecule has 1 aromatic carbocycles. The van der Waals surface area contributed by atoms with Gasteiger partial charge in [0.1, 0.15) is 5.82 Å². The summed E-state index contributed by atoms with van der Waals surface area (Å²) in [4.78, 5) is 4.58. The van der Waals surface area contributed by atoms with Gasteiger partial charge in [-0.3, -0.25) is 0 Å². The van der Waals surface area contributed by atoms with Crippen LogP contribution < -0.4 is 4.90 Å². The Labute approximate surface area is 97.8 Å². The summed E-state index contributed by atoms with van der Waals surface area (Å²) in [6.45, 7) is 4.12. The van der Waals surface area contributed by atoms with Gasteiger partial charge in [-0.25, -0.2) is 4.39 Å². The van der Waals surface area contributed by atoms with E-state index >= 15 is 0 Å². The summed E-state index contributed by atoms with van der Waals surface area (Å²) in [6.07, 6.45) is 0. The van der Waals surface area contributed by atoms with Gasteiger partial charge in [-0.1, -0.05) is 0 Å². The van der Waals surface area contributed by atoms with Crippen LogP contribution in [0.3, 0.4) is 0 Å². The predicted molar refractivity (Wildman–Crippen MR) is 63.8 cm³/mol. The minimum absolute atomic E-state index is 0.195. The zero-order valence-electron chi connectivity index (χ0n) is 8.71. The van der Waals surface area contributed by atoms with E-state index in [0.717, 1.165) is 36.3 Å². The van der Waals surface area contributed by atoms with Crippen molar-refractivity contribution in [1.82, 2.24) is 4.90 Å². The minimum atomic E-state index is -0.195. The molecular weight excluding hydrogens is 259 g/mol. The highest BCUT2D eigenvalue weighted by Crippen LogP contribution is 2.27. The molecule has 1 fully saturated rings. The lowest BCUT2D eigenvalue weighted by Gasteiger charge is -2.34. The molecule has 1 aliphatic heterocycles. The molecule has 2 rings (SSSR count). The Morgan fingerprint density at radius 2 is 1.87 bits per heavy atom. The van der Waals surface area contributed by atoms with Crippen LogP contribution in [-0.2, 0) is 0 Å². The second-order valence-electron chi connectivity index (χ2n) is 3.89. The molecule has 0 amide bonds. The summed E-state index contributed by atoms with van der Waals surface area (Å²) in [7, 11) is 2.12. The smallest absolute Gasteiger partial charge is 0.124 e. The highest BCUT2D eigenvalue weighted by atomic mass is 79.9. The number of rotatable bonds is 1. The fourth-order valence-corrected chi connectivity index (χ4v) is 2.39. The summed E-state index contributed by atoms with van der Waals surface area (Å²) >= 11 is 3.40. The Balaban J connectivity index is 2.15. The van der Waals surface area contributed by atoms with E-state index in [0.29, 0.717) is 0 Å². The van der Waals surface area contributed by atoms with Gasteiger partial charge in [0, 0.05) is 30.7 Å². The number of hydrogen-bond acceptors (Lipinski definition) is 2. The van der Waals surface area contributed by atoms with Gasteiger partial charge in [-0.2, -0.15) is 0 Å². The van der Waals surface area contributed by atoms with Crippen molar-refractivity contribution in [3.63, 3.8) is 0 Å². The molecule has 0 aliphatic carbocycles. The maximum absolute atomic E-state index is 12.9. The molecule has 0 N–H and O–H groups in total. The van der Waals surface area contributed by atoms with E-state index in [4.69, 9.17) is 0 Å². The molecule has 1 aromatic rings. The van der Waals surface area contributed by atoms with Crippen LogP contribution in [0.2, 0.25) is 0 Å². The molecule has 82 valence electrons. The van der Waals surface area contributed by atoms with Crippen LogP contribution in [0.4, 0.5) is 10.1 Å². The van der Waals surface area contributed by atoms with Crippen LogP contribution in [0.25, 0.3) is 0 Å². The zero-order valence-corrected chi connectivity index (χ0v) is 10.3. The van der Waals surface area contributed by atoms with Gasteiger partial charge in [0.15, 0.2) is 0 Å². The molecular formula is C11H14BrFN2. The number of likely N-dealkylation sites (N-methyl/N-ethyl adjacent to an activating group) is 1. The topological polar surface area (TPSA) is 6.48 Å². The van der Waals surface area contributed by atoms with Gasteiger partial charge in [-0.05, 0) is 41.2 Å². The number of hydrogen-bond donors (Lipinski definition) is 0. The summed E-state index contributed by atoms with van der Waals surface area (Å²) < 4.78 is 13.8. The quantitative estimate of drug-likeness (QED) is 0.775. The fourth-order valence-electron chi connectivity index (χ4n) is 1.79. The normalized spacial score (nSPS) is 18.2. The Morgan fingerprint density at radius 1 is 1.20 bits per heavy atom. The SMILES string of the molecule is CN1CCN(c2ccc(F)cc2Br)CC1. The average molecular weight is 273 g/mol. The van der Waals surface area contributed by atoms with Crippen molar-refractivity contribution in [2.75, 3.05) is 38.1 Å². The van der Waals surface area contributed by atoms with Gasteiger partial charge in [0.2, 0.25) is 0 Å². The Kier molecular flexibility index (Phi) is 3.26. The molecule has 0 unspecified atom stereocenters. The summed E-state index contributed by atoms with van der Waals surface area (Å²) in [5.74, 6) is -0.195. The van der Waals surface area contributed by atoms with Crippen molar-refractivity contribution in [2.45, 2.75) is 0 Å². The highest BCUT2D eigenvalue weighted by Gasteiger charge is 2.16. The lowest BCUT2D eigenvalue weighted by atomic mass is 10.2. The Bertz CT molecular complexity index is 348. The van der Waals surface area contributed by atoms with E-state index in [1.165, 1.54) is 12.1 Å². The standard InChI is InChI=1S/C11H14BrFN2/c1-14-4-6-15(7-5-14)11-3-2-9(13)8-10(11)12/h2-3,8H,4-7H2,1H3. The van der Waals surface area contributed by atoms with E-state index in [-0.39, 0.29) is 5.82 Å². The molecule has 0 radical (unpaired) electrons. The van der Waals surface area contributed by atoms with Gasteiger partial charge in [-0.15, -0.1) is 0 Å². The molecule has 15 heavy (non-hydrogen) atoms. The second-order valence-corrected chi connectivity index (χ2v) is 4.74. The second kappa shape index (κ2) is 4.49. The first-order valence-electron chi connectivity index (χ1n) is 5.05. The Morgan fingerprint density at radius 3 is 2.47 bits per heavy atom. The van der Waals surface area contributed by atoms with Crippen LogP contribution >= 0.6 is 15.9 Å². The van der Waals surface area contributed by atoms with E-state index in [1.807, 2.05) is 6.07 Å². The van der Waals surface area contributed by atoms with E-state index in [9.17, 15) is 4.39 Å². The highest BCUT2D eigenvalue weighted by molar-refractivity contribution is 9.10. The molecule has 1 heterocycles. The van der Waals surface area contributed by atoms with Crippen molar-refractivity contribution in [3.05, 3.63) is 28.5 Å². The van der Waals surface area contributed by atoms with E-state index in [2.05, 4.69) is 32.8 Å². The first kappa shape index (κ1) is 10.9. The molecule has 2 nitrogen and oxygen atoms in total. The van der Waals surface area contributed by atoms with Crippen LogP contribution in [0.1, 0.15) is 0 Å². The molecule has 4 heteroatoms. The van der Waals surface area contributed by atoms with E-state index < -0.39 is 0 Å². The van der Waals surface area contributed by atoms with E-state index in [1.54, 1.807) is 0 Å². The minimum Gasteiger partial charge on any atom is -0.368 e. The van der Waals surface area contributed by atoms with Crippen LogP contribution in [-0.4, -0.2) is 38.1 Å². The number of nitrogens with zero attached hydrogens (tertiary/aromatic N) is 2. The van der Waals surface area contributed by atoms with Crippen LogP contribution in [0.15, 0.2) is 22.7 Å².